The van der Waals surface area contributed by atoms with Gasteiger partial charge in [-0.05, 0) is 74.2 Å². The summed E-state index contributed by atoms with van der Waals surface area (Å²) < 4.78 is 11.7. The summed E-state index contributed by atoms with van der Waals surface area (Å²) >= 11 is 0. The number of esters is 1. The van der Waals surface area contributed by atoms with E-state index in [0.29, 0.717) is 12.3 Å². The van der Waals surface area contributed by atoms with Gasteiger partial charge in [-0.25, -0.2) is 0 Å². The normalized spacial score (nSPS) is 16.4. The van der Waals surface area contributed by atoms with Gasteiger partial charge in [-0.1, -0.05) is 60.1 Å². The van der Waals surface area contributed by atoms with Crippen molar-refractivity contribution in [1.82, 2.24) is 0 Å². The molecule has 29 heavy (non-hydrogen) atoms. The zero-order valence-electron chi connectivity index (χ0n) is 20.8. The van der Waals surface area contributed by atoms with Crippen LogP contribution in [-0.4, -0.2) is 27.5 Å². The van der Waals surface area contributed by atoms with Gasteiger partial charge in [-0.2, -0.15) is 0 Å². The largest absolute Gasteiger partial charge is 0.469 e. The Kier molecular flexibility index (Phi) is 14.6. The van der Waals surface area contributed by atoms with E-state index in [0.717, 1.165) is 36.9 Å². The molecule has 170 valence electrons. The van der Waals surface area contributed by atoms with Crippen LogP contribution in [0.1, 0.15) is 87.5 Å². The van der Waals surface area contributed by atoms with Crippen LogP contribution in [-0.2, 0) is 14.0 Å². The molecule has 0 aromatic carbocycles. The van der Waals surface area contributed by atoms with E-state index in [1.165, 1.54) is 31.1 Å². The predicted octanol–water partition coefficient (Wildman–Crippen LogP) is 7.69. The van der Waals surface area contributed by atoms with Crippen molar-refractivity contribution in [3.05, 3.63) is 23.3 Å². The van der Waals surface area contributed by atoms with Crippen molar-refractivity contribution in [3.8, 4) is 0 Å². The summed E-state index contributed by atoms with van der Waals surface area (Å²) in [6.45, 7) is 18.2. The summed E-state index contributed by atoms with van der Waals surface area (Å²) in [5.41, 5.74) is 2.63. The molecule has 0 spiro atoms. The number of methoxy groups -OCH3 is 1. The number of carbonyl (C=O) groups is 1. The number of allylic oxidation sites excluding steroid dienone is 2. The molecule has 0 aliphatic rings. The zero-order valence-corrected chi connectivity index (χ0v) is 21.8. The minimum Gasteiger partial charge on any atom is -0.469 e. The quantitative estimate of drug-likeness (QED) is 0.117. The predicted molar refractivity (Wildman–Crippen MR) is 129 cm³/mol. The third-order valence-electron chi connectivity index (χ3n) is 6.43. The minimum absolute atomic E-state index is 0.0685. The van der Waals surface area contributed by atoms with Crippen molar-refractivity contribution in [2.45, 2.75) is 112 Å². The minimum atomic E-state index is -1.72. The topological polar surface area (TPSA) is 35.5 Å². The summed E-state index contributed by atoms with van der Waals surface area (Å²) in [6.07, 6.45) is 9.40. The third kappa shape index (κ3) is 10.6. The smallest absolute Gasteiger partial charge is 0.305 e. The first-order chi connectivity index (χ1) is 13.7. The lowest BCUT2D eigenvalue weighted by Crippen LogP contribution is -2.40. The van der Waals surface area contributed by atoms with Crippen LogP contribution in [0.15, 0.2) is 23.3 Å². The van der Waals surface area contributed by atoms with Gasteiger partial charge in [0.15, 0.2) is 8.32 Å². The maximum Gasteiger partial charge on any atom is 0.305 e. The fourth-order valence-electron chi connectivity index (χ4n) is 3.99. The van der Waals surface area contributed by atoms with Crippen molar-refractivity contribution in [1.29, 1.82) is 0 Å². The van der Waals surface area contributed by atoms with Crippen LogP contribution in [0.5, 0.6) is 0 Å². The molecule has 3 atom stereocenters. The zero-order chi connectivity index (χ0) is 22.4. The average Bonchev–Trinajstić information content (AvgIpc) is 2.71. The molecule has 0 amide bonds. The van der Waals surface area contributed by atoms with Crippen molar-refractivity contribution in [2.24, 2.45) is 11.8 Å². The summed E-state index contributed by atoms with van der Waals surface area (Å²) in [5.74, 6) is 1.18. The maximum atomic E-state index is 11.4. The van der Waals surface area contributed by atoms with Crippen LogP contribution in [0.3, 0.4) is 0 Å². The first-order valence-electron chi connectivity index (χ1n) is 11.8. The number of hydrogen-bond acceptors (Lipinski definition) is 3. The molecule has 0 fully saturated rings. The first kappa shape index (κ1) is 28.1. The van der Waals surface area contributed by atoms with Gasteiger partial charge < -0.3 is 9.16 Å². The molecule has 0 saturated carbocycles. The van der Waals surface area contributed by atoms with Crippen molar-refractivity contribution >= 4 is 14.3 Å². The molecule has 0 aromatic rings. The van der Waals surface area contributed by atoms with Gasteiger partial charge in [-0.3, -0.25) is 4.79 Å². The van der Waals surface area contributed by atoms with Crippen LogP contribution >= 0.6 is 0 Å². The monoisotopic (exact) mass is 424 g/mol. The van der Waals surface area contributed by atoms with E-state index in [2.05, 4.69) is 67.5 Å². The van der Waals surface area contributed by atoms with E-state index < -0.39 is 8.32 Å². The molecule has 0 aromatic heterocycles. The van der Waals surface area contributed by atoms with Crippen LogP contribution in [0.25, 0.3) is 0 Å². The average molecular weight is 425 g/mol. The van der Waals surface area contributed by atoms with Gasteiger partial charge in [0.1, 0.15) is 0 Å². The lowest BCUT2D eigenvalue weighted by atomic mass is 9.92. The van der Waals surface area contributed by atoms with E-state index in [4.69, 9.17) is 9.16 Å². The summed E-state index contributed by atoms with van der Waals surface area (Å²) in [6, 6.07) is 3.46. The third-order valence-corrected chi connectivity index (χ3v) is 11.0. The van der Waals surface area contributed by atoms with Crippen LogP contribution in [0, 0.1) is 11.8 Å². The van der Waals surface area contributed by atoms with E-state index >= 15 is 0 Å². The Morgan fingerprint density at radius 3 is 2.07 bits per heavy atom. The Labute approximate surface area is 182 Å². The number of rotatable bonds is 15. The van der Waals surface area contributed by atoms with Crippen molar-refractivity contribution in [2.75, 3.05) is 7.11 Å². The number of ether oxygens (including phenoxy) is 1. The maximum absolute atomic E-state index is 11.4. The standard InChI is InChI=1S/C25H48O3Si/c1-10-20(5)18-21(6)19-23(8)25(28-29(11-2,12-3)13-4)22(7)16-14-15-17-24(26)27-9/h16,19-21,25H,10-15,17-18H2,1-9H3/b22-16-,23-19+/t20-,21+,25+/m1/s1. The molecule has 4 heteroatoms. The lowest BCUT2D eigenvalue weighted by Gasteiger charge is -2.35. The van der Waals surface area contributed by atoms with E-state index in [1.807, 2.05) is 0 Å². The van der Waals surface area contributed by atoms with Crippen molar-refractivity contribution < 1.29 is 14.0 Å². The summed E-state index contributed by atoms with van der Waals surface area (Å²) in [5, 5.41) is 0. The number of hydrogen-bond donors (Lipinski definition) is 0. The van der Waals surface area contributed by atoms with E-state index in [-0.39, 0.29) is 12.1 Å². The number of carbonyl (C=O) groups excluding carboxylic acids is 1. The highest BCUT2D eigenvalue weighted by atomic mass is 28.4. The molecule has 0 aliphatic carbocycles. The van der Waals surface area contributed by atoms with Gasteiger partial charge >= 0.3 is 5.97 Å². The summed E-state index contributed by atoms with van der Waals surface area (Å²) in [4.78, 5) is 11.4. The lowest BCUT2D eigenvalue weighted by molar-refractivity contribution is -0.140. The number of unbranched alkanes of at least 4 members (excludes halogenated alkanes) is 1. The summed E-state index contributed by atoms with van der Waals surface area (Å²) in [7, 11) is -0.272. The highest BCUT2D eigenvalue weighted by Crippen LogP contribution is 2.30. The fraction of sp³-hybridized carbons (Fsp3) is 0.800. The Morgan fingerprint density at radius 1 is 1.00 bits per heavy atom. The highest BCUT2D eigenvalue weighted by Gasteiger charge is 2.33. The molecule has 0 heterocycles. The fourth-order valence-corrected chi connectivity index (χ4v) is 6.86. The Balaban J connectivity index is 5.49. The van der Waals surface area contributed by atoms with Gasteiger partial charge in [0.2, 0.25) is 0 Å². The van der Waals surface area contributed by atoms with Gasteiger partial charge in [0, 0.05) is 6.42 Å². The van der Waals surface area contributed by atoms with Gasteiger partial charge in [0.25, 0.3) is 0 Å². The SMILES string of the molecule is CC[C@@H](C)C[C@H](C)/C=C(\C)[C@@H](O[Si](CC)(CC)CC)/C(C)=C\CCCC(=O)OC. The van der Waals surface area contributed by atoms with Crippen molar-refractivity contribution in [3.63, 3.8) is 0 Å². The van der Waals surface area contributed by atoms with E-state index in [9.17, 15) is 4.79 Å². The first-order valence-corrected chi connectivity index (χ1v) is 14.3. The molecule has 0 N–H and O–H groups in total. The molecular weight excluding hydrogens is 376 g/mol. The molecule has 0 unspecified atom stereocenters. The Hall–Kier alpha value is -0.873. The second-order valence-corrected chi connectivity index (χ2v) is 13.5. The Bertz CT molecular complexity index is 512. The van der Waals surface area contributed by atoms with Gasteiger partial charge in [0.05, 0.1) is 13.2 Å². The molecule has 0 bridgehead atoms. The second-order valence-electron chi connectivity index (χ2n) is 8.80. The highest BCUT2D eigenvalue weighted by molar-refractivity contribution is 6.73. The van der Waals surface area contributed by atoms with Crippen LogP contribution in [0.4, 0.5) is 0 Å². The Morgan fingerprint density at radius 2 is 1.59 bits per heavy atom. The van der Waals surface area contributed by atoms with Gasteiger partial charge in [-0.15, -0.1) is 0 Å². The molecule has 0 aliphatic heterocycles. The van der Waals surface area contributed by atoms with E-state index in [1.54, 1.807) is 0 Å². The second kappa shape index (κ2) is 15.0. The molecule has 0 saturated heterocycles. The van der Waals surface area contributed by atoms with Crippen LogP contribution < -0.4 is 0 Å². The molecule has 0 rings (SSSR count). The molecule has 3 nitrogen and oxygen atoms in total. The molecule has 0 radical (unpaired) electrons. The van der Waals surface area contributed by atoms with Crippen LogP contribution in [0.2, 0.25) is 18.1 Å². The molecular formula is C25H48O3Si.